The Hall–Kier alpha value is -5.44. The van der Waals surface area contributed by atoms with Crippen molar-refractivity contribution in [2.75, 3.05) is 0 Å². The van der Waals surface area contributed by atoms with Gasteiger partial charge in [0.1, 0.15) is 11.2 Å². The van der Waals surface area contributed by atoms with E-state index in [-0.39, 0.29) is 5.38 Å². The fourth-order valence-corrected chi connectivity index (χ4v) is 8.39. The van der Waals surface area contributed by atoms with E-state index in [4.69, 9.17) is 21.0 Å². The summed E-state index contributed by atoms with van der Waals surface area (Å²) in [5.41, 5.74) is 9.41. The molecule has 0 radical (unpaired) electrons. The van der Waals surface area contributed by atoms with E-state index < -0.39 is 10.8 Å². The maximum absolute atomic E-state index is 6.99. The molecule has 47 heavy (non-hydrogen) atoms. The molecule has 2 aromatic heterocycles. The van der Waals surface area contributed by atoms with Crippen LogP contribution in [0.25, 0.3) is 21.9 Å². The minimum Gasteiger partial charge on any atom is -0.456 e. The van der Waals surface area contributed by atoms with E-state index in [1.807, 2.05) is 24.4 Å². The summed E-state index contributed by atoms with van der Waals surface area (Å²) >= 11 is 6.99. The van der Waals surface area contributed by atoms with E-state index in [0.29, 0.717) is 0 Å². The van der Waals surface area contributed by atoms with Gasteiger partial charge in [0.15, 0.2) is 0 Å². The molecule has 0 bridgehead atoms. The zero-order valence-corrected chi connectivity index (χ0v) is 26.3. The highest BCUT2D eigenvalue weighted by molar-refractivity contribution is 6.23. The first-order valence-electron chi connectivity index (χ1n) is 16.0. The van der Waals surface area contributed by atoms with Gasteiger partial charge in [-0.2, -0.15) is 0 Å². The minimum atomic E-state index is -0.811. The molecule has 224 valence electrons. The predicted molar refractivity (Wildman–Crippen MR) is 192 cm³/mol. The van der Waals surface area contributed by atoms with Crippen molar-refractivity contribution in [3.05, 3.63) is 221 Å². The Morgan fingerprint density at radius 2 is 1.06 bits per heavy atom. The summed E-state index contributed by atoms with van der Waals surface area (Å²) in [6, 6.07) is 51.8. The summed E-state index contributed by atoms with van der Waals surface area (Å²) in [4.78, 5) is 5.20. The monoisotopic (exact) mass is 623 g/mol. The summed E-state index contributed by atoms with van der Waals surface area (Å²) in [6.45, 7) is 0. The lowest BCUT2D eigenvalue weighted by atomic mass is 9.51. The third kappa shape index (κ3) is 3.89. The van der Waals surface area contributed by atoms with Crippen LogP contribution in [0.5, 0.6) is 0 Å². The van der Waals surface area contributed by atoms with E-state index in [2.05, 4.69) is 152 Å². The molecular weight excluding hydrogens is 594 g/mol. The third-order valence-electron chi connectivity index (χ3n) is 10.00. The van der Waals surface area contributed by atoms with Crippen LogP contribution >= 0.6 is 11.6 Å². The van der Waals surface area contributed by atoms with Crippen LogP contribution in [0.3, 0.4) is 0 Å². The molecule has 2 aliphatic rings. The fourth-order valence-electron chi connectivity index (χ4n) is 8.24. The molecule has 0 N–H and O–H groups in total. The number of pyridine rings is 1. The van der Waals surface area contributed by atoms with Gasteiger partial charge < -0.3 is 4.42 Å². The second kappa shape index (κ2) is 10.8. The number of nitrogens with zero attached hydrogens (tertiary/aromatic N) is 1. The standard InChI is InChI=1S/C44H30ClNO/c45-32-25-27-36-37(28-26-32)44(41-24-11-12-29-46-41,38-21-13-23-40-42(38)33-18-7-10-22-39(33)47-40)35-20-9-8-19-34(35)43(36,30-14-3-1-4-15-30)31-16-5-2-6-17-31/h1-29,32H. The highest BCUT2D eigenvalue weighted by Gasteiger charge is 2.55. The van der Waals surface area contributed by atoms with Gasteiger partial charge in [-0.15, -0.1) is 11.6 Å². The van der Waals surface area contributed by atoms with Crippen molar-refractivity contribution in [1.29, 1.82) is 0 Å². The Morgan fingerprint density at radius 3 is 1.74 bits per heavy atom. The van der Waals surface area contributed by atoms with Crippen molar-refractivity contribution in [2.45, 2.75) is 16.2 Å². The molecule has 0 amide bonds. The first-order chi connectivity index (χ1) is 23.2. The molecule has 0 saturated heterocycles. The van der Waals surface area contributed by atoms with Gasteiger partial charge in [-0.3, -0.25) is 4.98 Å². The topological polar surface area (TPSA) is 26.0 Å². The lowest BCUT2D eigenvalue weighted by Gasteiger charge is -2.50. The number of rotatable bonds is 4. The van der Waals surface area contributed by atoms with Crippen LogP contribution < -0.4 is 0 Å². The van der Waals surface area contributed by atoms with Gasteiger partial charge >= 0.3 is 0 Å². The lowest BCUT2D eigenvalue weighted by molar-refractivity contribution is 0.609. The van der Waals surface area contributed by atoms with Gasteiger partial charge in [0.25, 0.3) is 0 Å². The quantitative estimate of drug-likeness (QED) is 0.182. The maximum Gasteiger partial charge on any atom is 0.135 e. The zero-order valence-electron chi connectivity index (χ0n) is 25.6. The van der Waals surface area contributed by atoms with Crippen LogP contribution in [0, 0.1) is 0 Å². The molecule has 5 aromatic carbocycles. The van der Waals surface area contributed by atoms with E-state index >= 15 is 0 Å². The van der Waals surface area contributed by atoms with Gasteiger partial charge in [-0.25, -0.2) is 0 Å². The molecule has 0 saturated carbocycles. The molecule has 9 rings (SSSR count). The van der Waals surface area contributed by atoms with Crippen LogP contribution in [0.4, 0.5) is 0 Å². The summed E-state index contributed by atoms with van der Waals surface area (Å²) < 4.78 is 6.52. The number of halogens is 1. The second-order valence-corrected chi connectivity index (χ2v) is 12.8. The number of furan rings is 1. The molecule has 0 fully saturated rings. The molecule has 2 aliphatic carbocycles. The first kappa shape index (κ1) is 27.8. The van der Waals surface area contributed by atoms with Crippen molar-refractivity contribution in [1.82, 2.24) is 4.98 Å². The number of alkyl halides is 1. The van der Waals surface area contributed by atoms with E-state index in [0.717, 1.165) is 38.8 Å². The minimum absolute atomic E-state index is 0.278. The van der Waals surface area contributed by atoms with Crippen molar-refractivity contribution in [3.63, 3.8) is 0 Å². The Balaban J connectivity index is 1.56. The number of para-hydroxylation sites is 1. The lowest BCUT2D eigenvalue weighted by Crippen LogP contribution is -2.45. The molecular formula is C44H30ClNO. The van der Waals surface area contributed by atoms with E-state index in [1.54, 1.807) is 0 Å². The zero-order chi connectivity index (χ0) is 31.4. The summed E-state index contributed by atoms with van der Waals surface area (Å²) in [6.07, 6.45) is 10.7. The highest BCUT2D eigenvalue weighted by Crippen LogP contribution is 2.61. The molecule has 3 heteroatoms. The van der Waals surface area contributed by atoms with Crippen LogP contribution in [0.2, 0.25) is 0 Å². The Morgan fingerprint density at radius 1 is 0.511 bits per heavy atom. The number of benzene rings is 5. The average molecular weight is 624 g/mol. The van der Waals surface area contributed by atoms with Gasteiger partial charge in [-0.1, -0.05) is 146 Å². The number of hydrogen-bond acceptors (Lipinski definition) is 2. The van der Waals surface area contributed by atoms with E-state index in [1.165, 1.54) is 27.8 Å². The Bertz CT molecular complexity index is 2330. The first-order valence-corrected chi connectivity index (χ1v) is 16.5. The summed E-state index contributed by atoms with van der Waals surface area (Å²) in [5, 5.41) is 1.89. The molecule has 2 atom stereocenters. The van der Waals surface area contributed by atoms with Gasteiger partial charge in [0, 0.05) is 17.0 Å². The normalized spacial score (nSPS) is 19.8. The van der Waals surface area contributed by atoms with Crippen molar-refractivity contribution >= 4 is 33.5 Å². The fraction of sp³-hybridized carbons (Fsp3) is 0.0682. The van der Waals surface area contributed by atoms with Crippen LogP contribution in [0.15, 0.2) is 192 Å². The Labute approximate surface area is 279 Å². The van der Waals surface area contributed by atoms with Gasteiger partial charge in [0.2, 0.25) is 0 Å². The van der Waals surface area contributed by atoms with Crippen molar-refractivity contribution in [3.8, 4) is 0 Å². The molecule has 2 heterocycles. The smallest absolute Gasteiger partial charge is 0.135 e. The maximum atomic E-state index is 6.99. The molecule has 2 unspecified atom stereocenters. The number of aromatic nitrogens is 1. The van der Waals surface area contributed by atoms with Gasteiger partial charge in [0.05, 0.1) is 21.9 Å². The number of hydrogen-bond donors (Lipinski definition) is 0. The molecule has 0 spiro atoms. The molecule has 2 nitrogen and oxygen atoms in total. The van der Waals surface area contributed by atoms with Gasteiger partial charge in [-0.05, 0) is 63.2 Å². The number of fused-ring (bicyclic) bond motifs is 4. The predicted octanol–water partition coefficient (Wildman–Crippen LogP) is 10.7. The SMILES string of the molecule is ClC1C=CC2=C(C=C1)C(c1ccccn1)(c1cccc3oc4ccccc4c13)c1ccccc1C2(c1ccccc1)c1ccccc1. The summed E-state index contributed by atoms with van der Waals surface area (Å²) in [5.74, 6) is 0. The van der Waals surface area contributed by atoms with Crippen LogP contribution in [-0.2, 0) is 10.8 Å². The third-order valence-corrected chi connectivity index (χ3v) is 10.3. The Kier molecular flexibility index (Phi) is 6.41. The van der Waals surface area contributed by atoms with E-state index in [9.17, 15) is 0 Å². The van der Waals surface area contributed by atoms with Crippen LogP contribution in [0.1, 0.15) is 33.5 Å². The molecule has 0 aliphatic heterocycles. The highest BCUT2D eigenvalue weighted by atomic mass is 35.5. The largest absolute Gasteiger partial charge is 0.456 e. The second-order valence-electron chi connectivity index (χ2n) is 12.3. The molecule has 7 aromatic rings. The van der Waals surface area contributed by atoms with Crippen molar-refractivity contribution in [2.24, 2.45) is 0 Å². The van der Waals surface area contributed by atoms with Crippen LogP contribution in [-0.4, -0.2) is 10.4 Å². The summed E-state index contributed by atoms with van der Waals surface area (Å²) in [7, 11) is 0. The van der Waals surface area contributed by atoms with Crippen molar-refractivity contribution < 1.29 is 4.42 Å². The average Bonchev–Trinajstić information content (AvgIpc) is 3.41. The number of allylic oxidation sites excluding steroid dienone is 6.